The Kier molecular flexibility index (Phi) is 4.18. The van der Waals surface area contributed by atoms with Gasteiger partial charge in [-0.25, -0.2) is 0 Å². The molecule has 1 unspecified atom stereocenters. The van der Waals surface area contributed by atoms with Gasteiger partial charge in [0.25, 0.3) is 0 Å². The SMILES string of the molecule is NCCN1CCOC(c2ccccc2Cl)C1. The Bertz CT molecular complexity index is 344. The van der Waals surface area contributed by atoms with Gasteiger partial charge in [-0.15, -0.1) is 0 Å². The van der Waals surface area contributed by atoms with Crippen LogP contribution >= 0.6 is 11.6 Å². The molecule has 1 aromatic rings. The first-order valence-electron chi connectivity index (χ1n) is 5.59. The lowest BCUT2D eigenvalue weighted by molar-refractivity contribution is -0.0288. The van der Waals surface area contributed by atoms with Gasteiger partial charge in [-0.05, 0) is 6.07 Å². The van der Waals surface area contributed by atoms with Crippen molar-refractivity contribution < 1.29 is 4.74 Å². The van der Waals surface area contributed by atoms with E-state index >= 15 is 0 Å². The number of hydrogen-bond donors (Lipinski definition) is 1. The molecule has 0 aromatic heterocycles. The van der Waals surface area contributed by atoms with Gasteiger partial charge in [0, 0.05) is 36.8 Å². The van der Waals surface area contributed by atoms with Gasteiger partial charge < -0.3 is 10.5 Å². The number of benzene rings is 1. The van der Waals surface area contributed by atoms with Gasteiger partial charge in [0.2, 0.25) is 0 Å². The second kappa shape index (κ2) is 5.64. The van der Waals surface area contributed by atoms with Crippen LogP contribution in [-0.4, -0.2) is 37.7 Å². The molecular weight excluding hydrogens is 224 g/mol. The summed E-state index contributed by atoms with van der Waals surface area (Å²) in [5.74, 6) is 0. The van der Waals surface area contributed by atoms with Crippen molar-refractivity contribution in [2.24, 2.45) is 5.73 Å². The van der Waals surface area contributed by atoms with E-state index in [1.807, 2.05) is 24.3 Å². The fourth-order valence-corrected chi connectivity index (χ4v) is 2.27. The molecule has 16 heavy (non-hydrogen) atoms. The topological polar surface area (TPSA) is 38.5 Å². The summed E-state index contributed by atoms with van der Waals surface area (Å²) in [6.07, 6.45) is 0.0778. The standard InChI is InChI=1S/C12H17ClN2O/c13-11-4-2-1-3-10(11)12-9-15(6-5-14)7-8-16-12/h1-4,12H,5-9,14H2. The van der Waals surface area contributed by atoms with Crippen LogP contribution in [0.5, 0.6) is 0 Å². The number of morpholine rings is 1. The lowest BCUT2D eigenvalue weighted by Crippen LogP contribution is -2.40. The maximum absolute atomic E-state index is 6.16. The monoisotopic (exact) mass is 240 g/mol. The third kappa shape index (κ3) is 2.74. The molecular formula is C12H17ClN2O. The average molecular weight is 241 g/mol. The molecule has 1 aliphatic rings. The summed E-state index contributed by atoms with van der Waals surface area (Å²) >= 11 is 6.16. The van der Waals surface area contributed by atoms with Gasteiger partial charge in [-0.3, -0.25) is 4.90 Å². The van der Waals surface area contributed by atoms with Crippen LogP contribution in [0.15, 0.2) is 24.3 Å². The number of nitrogens with zero attached hydrogens (tertiary/aromatic N) is 1. The molecule has 1 saturated heterocycles. The number of ether oxygens (including phenoxy) is 1. The number of hydrogen-bond acceptors (Lipinski definition) is 3. The Morgan fingerprint density at radius 1 is 1.44 bits per heavy atom. The minimum absolute atomic E-state index is 0.0778. The molecule has 2 rings (SSSR count). The van der Waals surface area contributed by atoms with E-state index in [1.54, 1.807) is 0 Å². The summed E-state index contributed by atoms with van der Waals surface area (Å²) in [6, 6.07) is 7.86. The fraction of sp³-hybridized carbons (Fsp3) is 0.500. The quantitative estimate of drug-likeness (QED) is 0.874. The van der Waals surface area contributed by atoms with E-state index in [1.165, 1.54) is 0 Å². The molecule has 3 nitrogen and oxygen atoms in total. The van der Waals surface area contributed by atoms with E-state index in [2.05, 4.69) is 4.90 Å². The Hall–Kier alpha value is -0.610. The molecule has 0 aliphatic carbocycles. The number of rotatable bonds is 3. The predicted molar refractivity (Wildman–Crippen MR) is 65.6 cm³/mol. The lowest BCUT2D eigenvalue weighted by atomic mass is 10.1. The molecule has 0 saturated carbocycles. The molecule has 88 valence electrons. The molecule has 0 amide bonds. The van der Waals surface area contributed by atoms with Gasteiger partial charge in [0.15, 0.2) is 0 Å². The summed E-state index contributed by atoms with van der Waals surface area (Å²) in [4.78, 5) is 2.32. The number of halogens is 1. The highest BCUT2D eigenvalue weighted by Gasteiger charge is 2.22. The highest BCUT2D eigenvalue weighted by Crippen LogP contribution is 2.27. The predicted octanol–water partition coefficient (Wildman–Crippen LogP) is 1.67. The zero-order valence-electron chi connectivity index (χ0n) is 9.23. The summed E-state index contributed by atoms with van der Waals surface area (Å²) in [7, 11) is 0. The van der Waals surface area contributed by atoms with Crippen LogP contribution in [0.25, 0.3) is 0 Å². The van der Waals surface area contributed by atoms with Crippen molar-refractivity contribution in [3.8, 4) is 0 Å². The highest BCUT2D eigenvalue weighted by atomic mass is 35.5. The Morgan fingerprint density at radius 2 is 2.25 bits per heavy atom. The van der Waals surface area contributed by atoms with E-state index < -0.39 is 0 Å². The van der Waals surface area contributed by atoms with Crippen molar-refractivity contribution in [2.45, 2.75) is 6.10 Å². The van der Waals surface area contributed by atoms with Crippen LogP contribution in [-0.2, 0) is 4.74 Å². The highest BCUT2D eigenvalue weighted by molar-refractivity contribution is 6.31. The zero-order valence-corrected chi connectivity index (χ0v) is 9.99. The third-order valence-corrected chi connectivity index (χ3v) is 3.19. The molecule has 4 heteroatoms. The third-order valence-electron chi connectivity index (χ3n) is 2.85. The van der Waals surface area contributed by atoms with E-state index in [9.17, 15) is 0 Å². The first-order valence-corrected chi connectivity index (χ1v) is 5.97. The van der Waals surface area contributed by atoms with Crippen molar-refractivity contribution in [3.05, 3.63) is 34.9 Å². The van der Waals surface area contributed by atoms with Crippen LogP contribution in [0.2, 0.25) is 5.02 Å². The van der Waals surface area contributed by atoms with Crippen LogP contribution < -0.4 is 5.73 Å². The maximum atomic E-state index is 6.16. The van der Waals surface area contributed by atoms with Gasteiger partial charge in [-0.2, -0.15) is 0 Å². The van der Waals surface area contributed by atoms with E-state index in [0.29, 0.717) is 6.54 Å². The normalized spacial score (nSPS) is 22.2. The first-order chi connectivity index (χ1) is 7.81. The molecule has 1 heterocycles. The largest absolute Gasteiger partial charge is 0.371 e. The van der Waals surface area contributed by atoms with Gasteiger partial charge >= 0.3 is 0 Å². The van der Waals surface area contributed by atoms with Gasteiger partial charge in [0.05, 0.1) is 12.7 Å². The molecule has 2 N–H and O–H groups in total. The molecule has 1 aromatic carbocycles. The molecule has 0 bridgehead atoms. The minimum Gasteiger partial charge on any atom is -0.371 e. The van der Waals surface area contributed by atoms with Crippen LogP contribution in [0.1, 0.15) is 11.7 Å². The van der Waals surface area contributed by atoms with Crippen molar-refractivity contribution in [1.29, 1.82) is 0 Å². The van der Waals surface area contributed by atoms with Crippen LogP contribution in [0.3, 0.4) is 0 Å². The van der Waals surface area contributed by atoms with Crippen molar-refractivity contribution in [1.82, 2.24) is 4.90 Å². The molecule has 0 spiro atoms. The van der Waals surface area contributed by atoms with Crippen molar-refractivity contribution in [3.63, 3.8) is 0 Å². The Labute approximate surface area is 101 Å². The smallest absolute Gasteiger partial charge is 0.0966 e. The van der Waals surface area contributed by atoms with E-state index in [4.69, 9.17) is 22.1 Å². The Balaban J connectivity index is 2.07. The first kappa shape index (κ1) is 11.9. The van der Waals surface area contributed by atoms with Crippen LogP contribution in [0, 0.1) is 0 Å². The van der Waals surface area contributed by atoms with Crippen molar-refractivity contribution in [2.75, 3.05) is 32.8 Å². The summed E-state index contributed by atoms with van der Waals surface area (Å²) in [5, 5.41) is 0.780. The fourth-order valence-electron chi connectivity index (χ4n) is 2.01. The van der Waals surface area contributed by atoms with E-state index in [0.717, 1.165) is 36.8 Å². The van der Waals surface area contributed by atoms with E-state index in [-0.39, 0.29) is 6.10 Å². The lowest BCUT2D eigenvalue weighted by Gasteiger charge is -2.33. The summed E-state index contributed by atoms with van der Waals surface area (Å²) in [6.45, 7) is 4.19. The summed E-state index contributed by atoms with van der Waals surface area (Å²) < 4.78 is 5.75. The van der Waals surface area contributed by atoms with Crippen LogP contribution in [0.4, 0.5) is 0 Å². The van der Waals surface area contributed by atoms with Crippen molar-refractivity contribution >= 4 is 11.6 Å². The number of nitrogens with two attached hydrogens (primary N) is 1. The van der Waals surface area contributed by atoms with Gasteiger partial charge in [-0.1, -0.05) is 29.8 Å². The average Bonchev–Trinajstić information content (AvgIpc) is 2.30. The molecule has 0 radical (unpaired) electrons. The second-order valence-corrected chi connectivity index (χ2v) is 4.38. The zero-order chi connectivity index (χ0) is 11.4. The minimum atomic E-state index is 0.0778. The summed E-state index contributed by atoms with van der Waals surface area (Å²) in [5.41, 5.74) is 6.64. The molecule has 1 atom stereocenters. The van der Waals surface area contributed by atoms with Gasteiger partial charge in [0.1, 0.15) is 0 Å². The molecule has 1 fully saturated rings. The Morgan fingerprint density at radius 3 is 3.00 bits per heavy atom. The maximum Gasteiger partial charge on any atom is 0.0966 e. The second-order valence-electron chi connectivity index (χ2n) is 3.97. The molecule has 1 aliphatic heterocycles.